The third-order valence-electron chi connectivity index (χ3n) is 3.82. The van der Waals surface area contributed by atoms with E-state index in [1.165, 1.54) is 5.56 Å². The summed E-state index contributed by atoms with van der Waals surface area (Å²) in [7, 11) is 2.10. The molecule has 0 aromatic heterocycles. The van der Waals surface area contributed by atoms with Gasteiger partial charge in [0.15, 0.2) is 0 Å². The number of ether oxygens (including phenoxy) is 1. The molecule has 0 aliphatic carbocycles. The fraction of sp³-hybridized carbons (Fsp3) is 0.600. The third kappa shape index (κ3) is 3.93. The van der Waals surface area contributed by atoms with Crippen LogP contribution in [-0.4, -0.2) is 36.7 Å². The van der Waals surface area contributed by atoms with Crippen LogP contribution in [0.4, 0.5) is 0 Å². The number of benzene rings is 1. The monoisotopic (exact) mass is 282 g/mol. The summed E-state index contributed by atoms with van der Waals surface area (Å²) in [4.78, 5) is 2.27. The molecule has 0 amide bonds. The van der Waals surface area contributed by atoms with E-state index >= 15 is 0 Å². The number of likely N-dealkylation sites (N-methyl/N-ethyl adjacent to an activating group) is 1. The molecule has 2 N–H and O–H groups in total. The second kappa shape index (κ2) is 6.71. The molecule has 3 nitrogen and oxygen atoms in total. The van der Waals surface area contributed by atoms with Crippen LogP contribution >= 0.6 is 11.6 Å². The normalized spacial score (nSPS) is 24.9. The number of nitrogens with two attached hydrogens (primary N) is 1. The van der Waals surface area contributed by atoms with Crippen LogP contribution in [0.15, 0.2) is 24.3 Å². The first kappa shape index (κ1) is 14.8. The highest BCUT2D eigenvalue weighted by Gasteiger charge is 2.31. The summed E-state index contributed by atoms with van der Waals surface area (Å²) < 4.78 is 5.95. The first-order valence-electron chi connectivity index (χ1n) is 6.90. The van der Waals surface area contributed by atoms with Gasteiger partial charge in [-0.25, -0.2) is 0 Å². The van der Waals surface area contributed by atoms with Gasteiger partial charge in [-0.2, -0.15) is 0 Å². The molecule has 19 heavy (non-hydrogen) atoms. The van der Waals surface area contributed by atoms with Crippen molar-refractivity contribution in [3.05, 3.63) is 34.9 Å². The van der Waals surface area contributed by atoms with E-state index in [0.717, 1.165) is 24.4 Å². The Morgan fingerprint density at radius 2 is 2.26 bits per heavy atom. The zero-order valence-corrected chi connectivity index (χ0v) is 12.4. The number of hydrogen-bond donors (Lipinski definition) is 1. The quantitative estimate of drug-likeness (QED) is 0.902. The number of rotatable bonds is 5. The van der Waals surface area contributed by atoms with Crippen molar-refractivity contribution in [3.8, 4) is 0 Å². The second-order valence-electron chi connectivity index (χ2n) is 5.41. The lowest BCUT2D eigenvalue weighted by Gasteiger charge is -2.31. The lowest BCUT2D eigenvalue weighted by atomic mass is 10.1. The van der Waals surface area contributed by atoms with E-state index in [-0.39, 0.29) is 12.1 Å². The molecule has 1 saturated heterocycles. The van der Waals surface area contributed by atoms with Crippen molar-refractivity contribution in [3.63, 3.8) is 0 Å². The van der Waals surface area contributed by atoms with E-state index in [9.17, 15) is 0 Å². The molecule has 1 aromatic rings. The number of halogens is 1. The molecule has 0 radical (unpaired) electrons. The third-order valence-corrected chi connectivity index (χ3v) is 4.06. The van der Waals surface area contributed by atoms with Gasteiger partial charge >= 0.3 is 0 Å². The summed E-state index contributed by atoms with van der Waals surface area (Å²) in [6.45, 7) is 3.59. The van der Waals surface area contributed by atoms with Crippen LogP contribution in [0, 0.1) is 0 Å². The van der Waals surface area contributed by atoms with Gasteiger partial charge in [0, 0.05) is 24.2 Å². The van der Waals surface area contributed by atoms with E-state index in [1.807, 2.05) is 18.2 Å². The molecule has 1 heterocycles. The molecular weight excluding hydrogens is 260 g/mol. The molecule has 1 aliphatic heterocycles. The standard InChI is InChI=1S/C15H23ClN2O/c1-11-6-7-15(19-11)14(9-17)18(2)10-12-4-3-5-13(16)8-12/h3-5,8,11,14-15H,6-7,9-10,17H2,1-2H3. The molecular formula is C15H23ClN2O. The van der Waals surface area contributed by atoms with Crippen LogP contribution in [-0.2, 0) is 11.3 Å². The zero-order valence-electron chi connectivity index (χ0n) is 11.7. The first-order valence-corrected chi connectivity index (χ1v) is 7.28. The average molecular weight is 283 g/mol. The zero-order chi connectivity index (χ0) is 13.8. The molecule has 3 atom stereocenters. The summed E-state index contributed by atoms with van der Waals surface area (Å²) in [6.07, 6.45) is 2.84. The Morgan fingerprint density at radius 1 is 1.47 bits per heavy atom. The summed E-state index contributed by atoms with van der Waals surface area (Å²) in [5.74, 6) is 0. The molecule has 3 unspecified atom stereocenters. The van der Waals surface area contributed by atoms with Crippen molar-refractivity contribution in [2.45, 2.75) is 44.6 Å². The van der Waals surface area contributed by atoms with Crippen molar-refractivity contribution in [1.82, 2.24) is 4.90 Å². The van der Waals surface area contributed by atoms with Crippen molar-refractivity contribution in [2.24, 2.45) is 5.73 Å². The molecule has 106 valence electrons. The van der Waals surface area contributed by atoms with Gasteiger partial charge in [0.25, 0.3) is 0 Å². The van der Waals surface area contributed by atoms with Gasteiger partial charge in [-0.1, -0.05) is 23.7 Å². The van der Waals surface area contributed by atoms with Crippen LogP contribution < -0.4 is 5.73 Å². The van der Waals surface area contributed by atoms with Crippen molar-refractivity contribution in [2.75, 3.05) is 13.6 Å². The largest absolute Gasteiger partial charge is 0.374 e. The minimum Gasteiger partial charge on any atom is -0.374 e. The maximum absolute atomic E-state index is 6.02. The Labute approximate surface area is 120 Å². The molecule has 1 aromatic carbocycles. The van der Waals surface area contributed by atoms with Crippen LogP contribution in [0.5, 0.6) is 0 Å². The second-order valence-corrected chi connectivity index (χ2v) is 5.85. The Bertz CT molecular complexity index is 413. The van der Waals surface area contributed by atoms with Gasteiger partial charge in [-0.15, -0.1) is 0 Å². The molecule has 4 heteroatoms. The maximum Gasteiger partial charge on any atom is 0.0747 e. The van der Waals surface area contributed by atoms with Gasteiger partial charge in [0.1, 0.15) is 0 Å². The summed E-state index contributed by atoms with van der Waals surface area (Å²) in [5, 5.41) is 0.779. The van der Waals surface area contributed by atoms with Crippen LogP contribution in [0.3, 0.4) is 0 Å². The predicted octanol–water partition coefficient (Wildman–Crippen LogP) is 2.67. The fourth-order valence-electron chi connectivity index (χ4n) is 2.77. The fourth-order valence-corrected chi connectivity index (χ4v) is 2.99. The molecule has 0 saturated carbocycles. The summed E-state index contributed by atoms with van der Waals surface area (Å²) >= 11 is 6.02. The van der Waals surface area contributed by atoms with Crippen molar-refractivity contribution in [1.29, 1.82) is 0 Å². The minimum absolute atomic E-state index is 0.254. The Kier molecular flexibility index (Phi) is 5.22. The van der Waals surface area contributed by atoms with Crippen LogP contribution in [0.1, 0.15) is 25.3 Å². The minimum atomic E-state index is 0.254. The Morgan fingerprint density at radius 3 is 2.84 bits per heavy atom. The molecule has 2 rings (SSSR count). The highest BCUT2D eigenvalue weighted by molar-refractivity contribution is 6.30. The topological polar surface area (TPSA) is 38.5 Å². The summed E-state index contributed by atoms with van der Waals surface area (Å²) in [5.41, 5.74) is 7.14. The van der Waals surface area contributed by atoms with E-state index in [0.29, 0.717) is 12.6 Å². The highest BCUT2D eigenvalue weighted by atomic mass is 35.5. The maximum atomic E-state index is 6.02. The van der Waals surface area contributed by atoms with E-state index in [2.05, 4.69) is 24.9 Å². The Balaban J connectivity index is 1.98. The lowest BCUT2D eigenvalue weighted by Crippen LogP contribution is -2.46. The molecule has 1 aliphatic rings. The van der Waals surface area contributed by atoms with Crippen LogP contribution in [0.25, 0.3) is 0 Å². The molecule has 1 fully saturated rings. The number of hydrogen-bond acceptors (Lipinski definition) is 3. The van der Waals surface area contributed by atoms with Gasteiger partial charge in [-0.3, -0.25) is 4.90 Å². The molecule has 0 bridgehead atoms. The van der Waals surface area contributed by atoms with Crippen LogP contribution in [0.2, 0.25) is 5.02 Å². The smallest absolute Gasteiger partial charge is 0.0747 e. The molecule has 0 spiro atoms. The number of nitrogens with zero attached hydrogens (tertiary/aromatic N) is 1. The lowest BCUT2D eigenvalue weighted by molar-refractivity contribution is 0.000844. The Hall–Kier alpha value is -0.610. The summed E-state index contributed by atoms with van der Waals surface area (Å²) in [6, 6.07) is 8.24. The predicted molar refractivity (Wildman–Crippen MR) is 79.3 cm³/mol. The average Bonchev–Trinajstić information content (AvgIpc) is 2.76. The van der Waals surface area contributed by atoms with E-state index < -0.39 is 0 Å². The van der Waals surface area contributed by atoms with Gasteiger partial charge < -0.3 is 10.5 Å². The van der Waals surface area contributed by atoms with E-state index in [1.54, 1.807) is 0 Å². The van der Waals surface area contributed by atoms with Crippen molar-refractivity contribution >= 4 is 11.6 Å². The first-order chi connectivity index (χ1) is 9.10. The van der Waals surface area contributed by atoms with Gasteiger partial charge in [0.2, 0.25) is 0 Å². The van der Waals surface area contributed by atoms with Crippen molar-refractivity contribution < 1.29 is 4.74 Å². The van der Waals surface area contributed by atoms with Gasteiger partial charge in [0.05, 0.1) is 12.2 Å². The highest BCUT2D eigenvalue weighted by Crippen LogP contribution is 2.24. The van der Waals surface area contributed by atoms with Gasteiger partial charge in [-0.05, 0) is 44.5 Å². The SMILES string of the molecule is CC1CCC(C(CN)N(C)Cc2cccc(Cl)c2)O1. The van der Waals surface area contributed by atoms with E-state index in [4.69, 9.17) is 22.1 Å².